The minimum atomic E-state index is -1.61. The smallest absolute Gasteiger partial charge is 0.306 e. The Morgan fingerprint density at radius 2 is 0.889 bits per heavy atom. The first-order valence-corrected chi connectivity index (χ1v) is 33.7. The third kappa shape index (κ3) is 45.2. The lowest BCUT2D eigenvalue weighted by Crippen LogP contribution is -2.61. The molecule has 0 spiro atoms. The van der Waals surface area contributed by atoms with Crippen LogP contribution >= 0.6 is 0 Å². The average Bonchev–Trinajstić information content (AvgIpc) is 3.46. The molecule has 0 aromatic heterocycles. The number of unbranched alkanes of at least 4 members (excludes halogenated alkanes) is 33. The first kappa shape index (κ1) is 76.1. The normalized spacial score (nSPS) is 19.1. The van der Waals surface area contributed by atoms with Gasteiger partial charge in [-0.25, -0.2) is 0 Å². The van der Waals surface area contributed by atoms with Crippen molar-refractivity contribution >= 4 is 11.9 Å². The van der Waals surface area contributed by atoms with Crippen LogP contribution in [0.3, 0.4) is 0 Å². The van der Waals surface area contributed by atoms with Gasteiger partial charge in [-0.15, -0.1) is 0 Å². The molecule has 11 heteroatoms. The Labute approximate surface area is 496 Å². The highest BCUT2D eigenvalue weighted by molar-refractivity contribution is 5.80. The van der Waals surface area contributed by atoms with Gasteiger partial charge in [0.25, 0.3) is 0 Å². The van der Waals surface area contributed by atoms with Gasteiger partial charge in [0.1, 0.15) is 24.4 Å². The molecule has 1 aliphatic rings. The molecule has 1 rings (SSSR count). The van der Waals surface area contributed by atoms with Crippen LogP contribution in [0.4, 0.5) is 0 Å². The molecule has 8 unspecified atom stereocenters. The van der Waals surface area contributed by atoms with Crippen LogP contribution in [-0.4, -0.2) is 99.6 Å². The number of aliphatic hydroxyl groups excluding tert-OH is 5. The first-order chi connectivity index (χ1) is 39.7. The number of ether oxygens (including phenoxy) is 3. The second-order valence-corrected chi connectivity index (χ2v) is 23.2. The van der Waals surface area contributed by atoms with Crippen molar-refractivity contribution in [3.8, 4) is 0 Å². The summed E-state index contributed by atoms with van der Waals surface area (Å²) in [7, 11) is 0. The molecule has 8 atom stereocenters. The Kier molecular flexibility index (Phi) is 54.1. The lowest BCUT2D eigenvalue weighted by Gasteiger charge is -2.41. The number of rotatable bonds is 57. The molecule has 1 amide bonds. The Morgan fingerprint density at radius 1 is 0.494 bits per heavy atom. The maximum absolute atomic E-state index is 13.5. The number of carbonyl (C=O) groups is 2. The summed E-state index contributed by atoms with van der Waals surface area (Å²) in [5.74, 6) is -1.19. The SMILES string of the molecule is CC/C=C\C/C=C\C/C=C\C/C=C\C/C=C\CCCCCCCCCCC(O)C(=O)NC(COC1OC(CO)C(O)C(O)C1OC(=O)CCCCCCCCCCCCCCCCC)C(O)/C=C/CCCCCCCCCCCCC. The molecule has 1 aliphatic heterocycles. The third-order valence-electron chi connectivity index (χ3n) is 15.6. The Bertz CT molecular complexity index is 1590. The van der Waals surface area contributed by atoms with Gasteiger partial charge in [0.05, 0.1) is 25.4 Å². The van der Waals surface area contributed by atoms with E-state index in [2.05, 4.69) is 86.8 Å². The molecule has 1 heterocycles. The minimum absolute atomic E-state index is 0.125. The zero-order valence-electron chi connectivity index (χ0n) is 52.1. The largest absolute Gasteiger partial charge is 0.454 e. The molecule has 11 nitrogen and oxygen atoms in total. The molecule has 0 aromatic carbocycles. The van der Waals surface area contributed by atoms with Crippen LogP contribution < -0.4 is 5.32 Å². The summed E-state index contributed by atoms with van der Waals surface area (Å²) < 4.78 is 17.7. The zero-order valence-corrected chi connectivity index (χ0v) is 52.1. The van der Waals surface area contributed by atoms with Gasteiger partial charge < -0.3 is 45.1 Å². The van der Waals surface area contributed by atoms with E-state index in [1.54, 1.807) is 6.08 Å². The van der Waals surface area contributed by atoms with E-state index in [9.17, 15) is 35.1 Å². The van der Waals surface area contributed by atoms with E-state index < -0.39 is 67.4 Å². The predicted octanol–water partition coefficient (Wildman–Crippen LogP) is 16.7. The summed E-state index contributed by atoms with van der Waals surface area (Å²) in [6, 6.07) is -1.03. The molecule has 1 fully saturated rings. The maximum atomic E-state index is 13.5. The van der Waals surface area contributed by atoms with E-state index in [0.29, 0.717) is 12.8 Å². The lowest BCUT2D eigenvalue weighted by atomic mass is 9.99. The zero-order chi connectivity index (χ0) is 58.9. The molecular weight excluding hydrogens is 1010 g/mol. The van der Waals surface area contributed by atoms with Crippen molar-refractivity contribution in [3.05, 3.63) is 72.9 Å². The second-order valence-electron chi connectivity index (χ2n) is 23.2. The summed E-state index contributed by atoms with van der Waals surface area (Å²) >= 11 is 0. The van der Waals surface area contributed by atoms with Crippen LogP contribution in [0, 0.1) is 0 Å². The molecule has 470 valence electrons. The number of nitrogens with one attached hydrogen (secondary N) is 1. The number of allylic oxidation sites excluding steroid dienone is 11. The Hall–Kier alpha value is -2.90. The minimum Gasteiger partial charge on any atom is -0.454 e. The summed E-state index contributed by atoms with van der Waals surface area (Å²) in [4.78, 5) is 26.6. The van der Waals surface area contributed by atoms with Gasteiger partial charge in [0.15, 0.2) is 12.4 Å². The van der Waals surface area contributed by atoms with Gasteiger partial charge in [-0.2, -0.15) is 0 Å². The van der Waals surface area contributed by atoms with Crippen LogP contribution in [0.5, 0.6) is 0 Å². The summed E-state index contributed by atoms with van der Waals surface area (Å²) in [6.07, 6.45) is 63.6. The molecule has 0 aromatic rings. The first-order valence-electron chi connectivity index (χ1n) is 33.7. The fourth-order valence-corrected chi connectivity index (χ4v) is 10.3. The van der Waals surface area contributed by atoms with Gasteiger partial charge in [-0.3, -0.25) is 9.59 Å². The number of amides is 1. The molecule has 0 saturated carbocycles. The van der Waals surface area contributed by atoms with Gasteiger partial charge in [-0.05, 0) is 70.6 Å². The van der Waals surface area contributed by atoms with Crippen LogP contribution in [0.1, 0.15) is 297 Å². The van der Waals surface area contributed by atoms with Crippen LogP contribution in [-0.2, 0) is 23.8 Å². The lowest BCUT2D eigenvalue weighted by molar-refractivity contribution is -0.305. The highest BCUT2D eigenvalue weighted by Gasteiger charge is 2.47. The van der Waals surface area contributed by atoms with Crippen molar-refractivity contribution in [3.63, 3.8) is 0 Å². The van der Waals surface area contributed by atoms with Crippen molar-refractivity contribution in [2.24, 2.45) is 0 Å². The molecule has 6 N–H and O–H groups in total. The van der Waals surface area contributed by atoms with Gasteiger partial charge in [-0.1, -0.05) is 293 Å². The Balaban J connectivity index is 2.63. The topological polar surface area (TPSA) is 175 Å². The molecule has 81 heavy (non-hydrogen) atoms. The number of hydrogen-bond donors (Lipinski definition) is 6. The average molecular weight is 1140 g/mol. The van der Waals surface area contributed by atoms with E-state index in [0.717, 1.165) is 96.3 Å². The fraction of sp³-hybridized carbons (Fsp3) is 0.800. The summed E-state index contributed by atoms with van der Waals surface area (Å²) in [6.45, 7) is 5.70. The highest BCUT2D eigenvalue weighted by Crippen LogP contribution is 2.26. The van der Waals surface area contributed by atoms with Crippen molar-refractivity contribution in [1.29, 1.82) is 0 Å². The van der Waals surface area contributed by atoms with Crippen molar-refractivity contribution in [2.75, 3.05) is 13.2 Å². The van der Waals surface area contributed by atoms with Crippen LogP contribution in [0.25, 0.3) is 0 Å². The number of esters is 1. The monoisotopic (exact) mass is 1140 g/mol. The maximum Gasteiger partial charge on any atom is 0.306 e. The van der Waals surface area contributed by atoms with E-state index in [1.807, 2.05) is 6.08 Å². The van der Waals surface area contributed by atoms with Gasteiger partial charge in [0, 0.05) is 6.42 Å². The molecular formula is C70H125NO10. The Morgan fingerprint density at radius 3 is 1.33 bits per heavy atom. The second kappa shape index (κ2) is 57.5. The standard InChI is InChI=1S/C70H125NO10/c1-4-7-10-13-16-19-22-25-27-28-29-30-31-32-33-34-35-37-39-42-45-48-51-54-57-63(74)69(78)71-61(62(73)56-53-50-47-44-41-38-24-21-18-15-12-9-6-3)60-79-70-68(67(77)66(76)64(59-72)80-70)81-65(75)58-55-52-49-46-43-40-36-26-23-20-17-14-11-8-5-2/h7,10,16,19,25,27,29-30,32-33,53,56,61-64,66-68,70,72-74,76-77H,4-6,8-9,11-15,17-18,20-24,26,28,31,34-52,54-55,57-60H2,1-3H3,(H,71,78)/b10-7-,19-16-,27-25-,30-29-,33-32-,56-53+. The molecule has 0 aliphatic carbocycles. The van der Waals surface area contributed by atoms with E-state index in [4.69, 9.17) is 14.2 Å². The van der Waals surface area contributed by atoms with Crippen molar-refractivity contribution in [2.45, 2.75) is 346 Å². The van der Waals surface area contributed by atoms with E-state index in [-0.39, 0.29) is 19.4 Å². The van der Waals surface area contributed by atoms with E-state index in [1.165, 1.54) is 154 Å². The number of carbonyl (C=O) groups excluding carboxylic acids is 2. The van der Waals surface area contributed by atoms with Gasteiger partial charge in [0.2, 0.25) is 5.91 Å². The van der Waals surface area contributed by atoms with Gasteiger partial charge >= 0.3 is 5.97 Å². The van der Waals surface area contributed by atoms with E-state index >= 15 is 0 Å². The van der Waals surface area contributed by atoms with Crippen molar-refractivity contribution in [1.82, 2.24) is 5.32 Å². The van der Waals surface area contributed by atoms with Crippen molar-refractivity contribution < 1.29 is 49.3 Å². The van der Waals surface area contributed by atoms with Crippen LogP contribution in [0.15, 0.2) is 72.9 Å². The molecule has 0 bridgehead atoms. The number of aliphatic hydroxyl groups is 5. The summed E-state index contributed by atoms with van der Waals surface area (Å²) in [5.41, 5.74) is 0. The predicted molar refractivity (Wildman–Crippen MR) is 338 cm³/mol. The fourth-order valence-electron chi connectivity index (χ4n) is 10.3. The molecule has 1 saturated heterocycles. The number of hydrogen-bond acceptors (Lipinski definition) is 10. The van der Waals surface area contributed by atoms with Crippen LogP contribution in [0.2, 0.25) is 0 Å². The quantitative estimate of drug-likeness (QED) is 0.0195. The third-order valence-corrected chi connectivity index (χ3v) is 15.6. The summed E-state index contributed by atoms with van der Waals surface area (Å²) in [5, 5.41) is 57.1. The molecule has 0 radical (unpaired) electrons. The highest BCUT2D eigenvalue weighted by atomic mass is 16.7.